The summed E-state index contributed by atoms with van der Waals surface area (Å²) in [5.74, 6) is 5.91. The van der Waals surface area contributed by atoms with Gasteiger partial charge in [0.2, 0.25) is 0 Å². The number of H-pyrrole nitrogens is 1. The number of benzene rings is 1. The second-order valence-corrected chi connectivity index (χ2v) is 3.63. The lowest BCUT2D eigenvalue weighted by atomic mass is 10.1. The first-order valence-corrected chi connectivity index (χ1v) is 5.41. The van der Waals surface area contributed by atoms with Gasteiger partial charge < -0.3 is 4.98 Å². The van der Waals surface area contributed by atoms with Crippen molar-refractivity contribution in [2.75, 3.05) is 6.54 Å². The number of hydrogen-bond donors (Lipinski definition) is 1. The predicted molar refractivity (Wildman–Crippen MR) is 69.2 cm³/mol. The molecular weight excluding hydrogens is 228 g/mol. The van der Waals surface area contributed by atoms with Crippen LogP contribution in [-0.4, -0.2) is 17.8 Å². The summed E-state index contributed by atoms with van der Waals surface area (Å²) in [6.07, 6.45) is 3.03. The van der Waals surface area contributed by atoms with E-state index in [0.717, 1.165) is 22.8 Å². The van der Waals surface area contributed by atoms with Crippen molar-refractivity contribution in [3.05, 3.63) is 46.0 Å². The molecule has 0 aliphatic rings. The Hall–Kier alpha value is -2.70. The summed E-state index contributed by atoms with van der Waals surface area (Å²) in [6, 6.07) is 5.62. The maximum Gasteiger partial charge on any atom is 0.152 e. The number of nitrogens with one attached hydrogen (secondary N) is 1. The maximum absolute atomic E-state index is 10.8. The second-order valence-electron chi connectivity index (χ2n) is 3.63. The van der Waals surface area contributed by atoms with E-state index >= 15 is 0 Å². The minimum atomic E-state index is 0.379. The minimum Gasteiger partial charge on any atom is -0.360 e. The number of aromatic amines is 1. The molecule has 88 valence electrons. The number of carbonyl (C=O) groups excluding carboxylic acids is 1. The third-order valence-corrected chi connectivity index (χ3v) is 2.47. The Bertz CT molecular complexity index is 684. The van der Waals surface area contributed by atoms with Crippen molar-refractivity contribution < 1.29 is 4.79 Å². The van der Waals surface area contributed by atoms with E-state index in [1.165, 1.54) is 0 Å². The van der Waals surface area contributed by atoms with Gasteiger partial charge in [-0.1, -0.05) is 23.0 Å². The number of nitrogens with zero attached hydrogens (tertiary/aromatic N) is 3. The van der Waals surface area contributed by atoms with Gasteiger partial charge in [0.1, 0.15) is 0 Å². The molecule has 0 radical (unpaired) electrons. The Morgan fingerprint density at radius 3 is 3.17 bits per heavy atom. The van der Waals surface area contributed by atoms with Crippen molar-refractivity contribution in [1.29, 1.82) is 0 Å². The van der Waals surface area contributed by atoms with E-state index in [4.69, 9.17) is 5.53 Å². The van der Waals surface area contributed by atoms with Crippen LogP contribution < -0.4 is 0 Å². The van der Waals surface area contributed by atoms with Crippen LogP contribution in [0.3, 0.4) is 0 Å². The highest BCUT2D eigenvalue weighted by Crippen LogP contribution is 2.17. The number of aromatic nitrogens is 1. The summed E-state index contributed by atoms with van der Waals surface area (Å²) in [5, 5.41) is 4.29. The van der Waals surface area contributed by atoms with Crippen LogP contribution in [0.4, 0.5) is 0 Å². The van der Waals surface area contributed by atoms with E-state index in [1.54, 1.807) is 6.20 Å². The molecule has 0 aliphatic carbocycles. The average molecular weight is 238 g/mol. The van der Waals surface area contributed by atoms with E-state index in [1.807, 2.05) is 18.2 Å². The lowest BCUT2D eigenvalue weighted by molar-refractivity contribution is 0.112. The molecule has 1 aromatic heterocycles. The van der Waals surface area contributed by atoms with Gasteiger partial charge in [0.05, 0.1) is 0 Å². The number of azide groups is 1. The summed E-state index contributed by atoms with van der Waals surface area (Å²) in [7, 11) is 0. The molecule has 18 heavy (non-hydrogen) atoms. The van der Waals surface area contributed by atoms with Gasteiger partial charge in [0, 0.05) is 46.1 Å². The van der Waals surface area contributed by atoms with Crippen molar-refractivity contribution >= 4 is 17.2 Å². The van der Waals surface area contributed by atoms with Crippen LogP contribution in [0.15, 0.2) is 29.5 Å². The zero-order chi connectivity index (χ0) is 12.8. The maximum atomic E-state index is 10.8. The van der Waals surface area contributed by atoms with Crippen molar-refractivity contribution in [1.82, 2.24) is 4.98 Å². The number of aldehydes is 1. The van der Waals surface area contributed by atoms with Gasteiger partial charge in [-0.05, 0) is 17.7 Å². The molecule has 0 saturated carbocycles. The van der Waals surface area contributed by atoms with Gasteiger partial charge in [0.25, 0.3) is 0 Å². The monoisotopic (exact) mass is 238 g/mol. The molecule has 1 aromatic carbocycles. The molecule has 0 unspecified atom stereocenters. The third-order valence-electron chi connectivity index (χ3n) is 2.47. The molecule has 5 heteroatoms. The van der Waals surface area contributed by atoms with Crippen molar-refractivity contribution in [2.24, 2.45) is 5.11 Å². The molecule has 0 spiro atoms. The van der Waals surface area contributed by atoms with Gasteiger partial charge in [-0.15, -0.1) is 0 Å². The van der Waals surface area contributed by atoms with Gasteiger partial charge in [-0.25, -0.2) is 0 Å². The van der Waals surface area contributed by atoms with Gasteiger partial charge >= 0.3 is 0 Å². The standard InChI is InChI=1S/C13H10N4O/c14-17-16-6-2-1-3-10-4-5-12-11(9-18)8-15-13(12)7-10/h4-5,7-9,15H,2,6H2. The number of hydrogen-bond acceptors (Lipinski definition) is 2. The van der Waals surface area contributed by atoms with E-state index in [0.29, 0.717) is 18.5 Å². The molecule has 1 N–H and O–H groups in total. The average Bonchev–Trinajstić information content (AvgIpc) is 2.80. The number of fused-ring (bicyclic) bond motifs is 1. The molecule has 0 fully saturated rings. The van der Waals surface area contributed by atoms with Crippen LogP contribution in [0.25, 0.3) is 21.3 Å². The Morgan fingerprint density at radius 2 is 2.39 bits per heavy atom. The summed E-state index contributed by atoms with van der Waals surface area (Å²) < 4.78 is 0. The van der Waals surface area contributed by atoms with Gasteiger partial charge in [-0.2, -0.15) is 0 Å². The lowest BCUT2D eigenvalue weighted by Crippen LogP contribution is -1.78. The first-order chi connectivity index (χ1) is 8.85. The first-order valence-electron chi connectivity index (χ1n) is 5.41. The molecule has 0 saturated heterocycles. The van der Waals surface area contributed by atoms with Crippen LogP contribution in [0.5, 0.6) is 0 Å². The van der Waals surface area contributed by atoms with Gasteiger partial charge in [0.15, 0.2) is 6.29 Å². The lowest BCUT2D eigenvalue weighted by Gasteiger charge is -1.92. The largest absolute Gasteiger partial charge is 0.360 e. The summed E-state index contributed by atoms with van der Waals surface area (Å²) in [6.45, 7) is 0.379. The molecular formula is C13H10N4O. The minimum absolute atomic E-state index is 0.379. The predicted octanol–water partition coefficient (Wildman–Crippen LogP) is 3.03. The highest BCUT2D eigenvalue weighted by atomic mass is 16.1. The molecule has 0 amide bonds. The zero-order valence-electron chi connectivity index (χ0n) is 9.55. The van der Waals surface area contributed by atoms with E-state index in [2.05, 4.69) is 26.9 Å². The smallest absolute Gasteiger partial charge is 0.152 e. The van der Waals surface area contributed by atoms with Crippen LogP contribution in [0.2, 0.25) is 0 Å². The number of carbonyl (C=O) groups is 1. The second kappa shape index (κ2) is 5.58. The van der Waals surface area contributed by atoms with E-state index in [9.17, 15) is 4.79 Å². The molecule has 0 aliphatic heterocycles. The topological polar surface area (TPSA) is 81.6 Å². The molecule has 1 heterocycles. The fourth-order valence-electron chi connectivity index (χ4n) is 1.64. The normalized spacial score (nSPS) is 9.33. The Balaban J connectivity index is 2.20. The highest BCUT2D eigenvalue weighted by Gasteiger charge is 2.01. The fraction of sp³-hybridized carbons (Fsp3) is 0.154. The SMILES string of the molecule is [N-]=[N+]=NCCC#Cc1ccc2c(C=O)c[nH]c2c1. The summed E-state index contributed by atoms with van der Waals surface area (Å²) in [4.78, 5) is 16.4. The first kappa shape index (κ1) is 11.8. The summed E-state index contributed by atoms with van der Waals surface area (Å²) >= 11 is 0. The Kier molecular flexibility index (Phi) is 3.65. The molecule has 0 bridgehead atoms. The van der Waals surface area contributed by atoms with E-state index < -0.39 is 0 Å². The van der Waals surface area contributed by atoms with Crippen molar-refractivity contribution in [3.63, 3.8) is 0 Å². The summed E-state index contributed by atoms with van der Waals surface area (Å²) in [5.41, 5.74) is 10.5. The molecule has 0 atom stereocenters. The van der Waals surface area contributed by atoms with Crippen LogP contribution in [0, 0.1) is 11.8 Å². The number of rotatable bonds is 3. The van der Waals surface area contributed by atoms with E-state index in [-0.39, 0.29) is 0 Å². The van der Waals surface area contributed by atoms with Crippen LogP contribution >= 0.6 is 0 Å². The fourth-order valence-corrected chi connectivity index (χ4v) is 1.64. The highest BCUT2D eigenvalue weighted by molar-refractivity contribution is 5.97. The Labute approximate surface area is 103 Å². The molecule has 2 rings (SSSR count). The zero-order valence-corrected chi connectivity index (χ0v) is 9.55. The Morgan fingerprint density at radius 1 is 1.50 bits per heavy atom. The molecule has 2 aromatic rings. The molecule has 5 nitrogen and oxygen atoms in total. The van der Waals surface area contributed by atoms with Crippen molar-refractivity contribution in [2.45, 2.75) is 6.42 Å². The van der Waals surface area contributed by atoms with Crippen LogP contribution in [0.1, 0.15) is 22.3 Å². The third kappa shape index (κ3) is 2.51. The quantitative estimate of drug-likeness (QED) is 0.219. The van der Waals surface area contributed by atoms with Gasteiger partial charge in [-0.3, -0.25) is 4.79 Å². The van der Waals surface area contributed by atoms with Crippen LogP contribution in [-0.2, 0) is 0 Å². The van der Waals surface area contributed by atoms with Crippen molar-refractivity contribution in [3.8, 4) is 11.8 Å².